The first-order valence-electron chi connectivity index (χ1n) is 12.4. The molecule has 0 N–H and O–H groups in total. The van der Waals surface area contributed by atoms with Gasteiger partial charge in [0.25, 0.3) is 0 Å². The van der Waals surface area contributed by atoms with E-state index >= 15 is 0 Å². The molecule has 3 rings (SSSR count). The number of rotatable bonds is 13. The Morgan fingerprint density at radius 3 is 1.29 bits per heavy atom. The summed E-state index contributed by atoms with van der Waals surface area (Å²) in [4.78, 5) is 0. The highest BCUT2D eigenvalue weighted by molar-refractivity contribution is 5.71. The third kappa shape index (κ3) is 5.66. The van der Waals surface area contributed by atoms with Crippen molar-refractivity contribution in [3.8, 4) is 0 Å². The topological polar surface area (TPSA) is 0 Å². The van der Waals surface area contributed by atoms with Crippen LogP contribution in [-0.4, -0.2) is 6.04 Å². The van der Waals surface area contributed by atoms with Crippen LogP contribution >= 0.6 is 0 Å². The molecule has 0 spiro atoms. The zero-order valence-corrected chi connectivity index (χ0v) is 19.5. The summed E-state index contributed by atoms with van der Waals surface area (Å²) in [5.41, 5.74) is 4.07. The van der Waals surface area contributed by atoms with E-state index in [1.54, 1.807) is 0 Å². The quantitative estimate of drug-likeness (QED) is 0.193. The van der Waals surface area contributed by atoms with Crippen molar-refractivity contribution >= 4 is 17.1 Å². The Morgan fingerprint density at radius 1 is 0.516 bits per heavy atom. The number of nitrogens with zero attached hydrogens (tertiary/aromatic N) is 1. The first kappa shape index (κ1) is 23.3. The number of hydrogen-bond donors (Lipinski definition) is 0. The molecule has 164 valence electrons. The highest BCUT2D eigenvalue weighted by Gasteiger charge is 2.42. The Morgan fingerprint density at radius 2 is 0.903 bits per heavy atom. The van der Waals surface area contributed by atoms with Gasteiger partial charge in [-0.2, -0.15) is 0 Å². The van der Waals surface area contributed by atoms with Gasteiger partial charge in [-0.05, 0) is 49.2 Å². The van der Waals surface area contributed by atoms with Crippen LogP contribution in [0.3, 0.4) is 0 Å². The summed E-state index contributed by atoms with van der Waals surface area (Å²) in [6, 6.07) is 33.9. The van der Waals surface area contributed by atoms with Crippen LogP contribution in [0.15, 0.2) is 91.0 Å². The Balaban J connectivity index is 1.96. The first-order chi connectivity index (χ1) is 15.3. The van der Waals surface area contributed by atoms with E-state index in [4.69, 9.17) is 0 Å². The molecule has 0 saturated carbocycles. The fourth-order valence-electron chi connectivity index (χ4n) is 5.08. The smallest absolute Gasteiger partial charge is 0.143 e. The summed E-state index contributed by atoms with van der Waals surface area (Å²) in [5, 5.41) is 0. The minimum Gasteiger partial charge on any atom is -0.224 e. The molecule has 0 aliphatic carbocycles. The largest absolute Gasteiger partial charge is 0.224 e. The normalized spacial score (nSPS) is 12.6. The molecule has 1 atom stereocenters. The van der Waals surface area contributed by atoms with Gasteiger partial charge in [0, 0.05) is 6.42 Å². The molecule has 3 aromatic carbocycles. The monoisotopic (exact) mass is 414 g/mol. The van der Waals surface area contributed by atoms with Crippen LogP contribution in [0, 0.1) is 0 Å². The van der Waals surface area contributed by atoms with Crippen molar-refractivity contribution in [3.63, 3.8) is 0 Å². The average molecular weight is 415 g/mol. The predicted molar refractivity (Wildman–Crippen MR) is 137 cm³/mol. The molecule has 3 aromatic rings. The second kappa shape index (κ2) is 12.5. The van der Waals surface area contributed by atoms with E-state index in [1.807, 2.05) is 0 Å². The van der Waals surface area contributed by atoms with Gasteiger partial charge in [0.2, 0.25) is 0 Å². The van der Waals surface area contributed by atoms with Crippen molar-refractivity contribution < 1.29 is 0 Å². The molecule has 0 radical (unpaired) electrons. The van der Waals surface area contributed by atoms with Gasteiger partial charge in [-0.15, -0.1) is 0 Å². The van der Waals surface area contributed by atoms with E-state index in [-0.39, 0.29) is 0 Å². The lowest BCUT2D eigenvalue weighted by Gasteiger charge is -2.43. The van der Waals surface area contributed by atoms with Gasteiger partial charge in [0.05, 0.1) is 0 Å². The third-order valence-electron chi connectivity index (χ3n) is 6.65. The van der Waals surface area contributed by atoms with Gasteiger partial charge in [-0.1, -0.05) is 107 Å². The van der Waals surface area contributed by atoms with E-state index in [2.05, 4.69) is 105 Å². The molecule has 0 saturated heterocycles. The molecule has 1 unspecified atom stereocenters. The Bertz CT molecular complexity index is 745. The molecule has 0 aliphatic rings. The van der Waals surface area contributed by atoms with Crippen molar-refractivity contribution in [3.05, 3.63) is 91.0 Å². The van der Waals surface area contributed by atoms with Gasteiger partial charge in [0.15, 0.2) is 0 Å². The van der Waals surface area contributed by atoms with Crippen LogP contribution in [-0.2, 0) is 0 Å². The van der Waals surface area contributed by atoms with Gasteiger partial charge in [-0.25, -0.2) is 4.48 Å². The van der Waals surface area contributed by atoms with Crippen LogP contribution in [0.2, 0.25) is 0 Å². The molecule has 0 fully saturated rings. The summed E-state index contributed by atoms with van der Waals surface area (Å²) in [6.07, 6.45) is 11.9. The fraction of sp³-hybridized carbons (Fsp3) is 0.400. The number of unbranched alkanes of at least 4 members (excludes halogenated alkanes) is 6. The number of benzene rings is 3. The maximum absolute atomic E-state index is 2.37. The number of quaternary nitrogens is 1. The highest BCUT2D eigenvalue weighted by atomic mass is 15.4. The minimum absolute atomic E-state index is 0.503. The lowest BCUT2D eigenvalue weighted by atomic mass is 9.96. The molecule has 0 amide bonds. The Labute approximate surface area is 190 Å². The number of hydrogen-bond acceptors (Lipinski definition) is 0. The number of para-hydroxylation sites is 3. The summed E-state index contributed by atoms with van der Waals surface area (Å²) in [7, 11) is 0. The standard InChI is InChI=1S/C30H40N/c1-3-5-6-7-8-9-13-20-27(4-2)31(28-21-14-10-15-22-28,29-23-16-11-17-24-29)30-25-18-12-19-26-30/h10-12,14-19,21-27H,3-9,13,20H2,1-2H3/q+1. The van der Waals surface area contributed by atoms with Crippen LogP contribution < -0.4 is 4.48 Å². The molecular formula is C30H40N+. The van der Waals surface area contributed by atoms with Crippen molar-refractivity contribution in [1.29, 1.82) is 0 Å². The van der Waals surface area contributed by atoms with Crippen molar-refractivity contribution in [2.75, 3.05) is 0 Å². The van der Waals surface area contributed by atoms with Crippen molar-refractivity contribution in [1.82, 2.24) is 4.48 Å². The molecule has 0 aromatic heterocycles. The van der Waals surface area contributed by atoms with E-state index in [9.17, 15) is 0 Å². The van der Waals surface area contributed by atoms with Gasteiger partial charge in [-0.3, -0.25) is 0 Å². The summed E-state index contributed by atoms with van der Waals surface area (Å²) < 4.78 is 0.800. The molecule has 1 nitrogen and oxygen atoms in total. The second-order valence-electron chi connectivity index (χ2n) is 8.70. The molecule has 1 heteroatoms. The van der Waals surface area contributed by atoms with E-state index in [0.717, 1.165) is 10.9 Å². The predicted octanol–water partition coefficient (Wildman–Crippen LogP) is 9.58. The molecule has 31 heavy (non-hydrogen) atoms. The van der Waals surface area contributed by atoms with Crippen LogP contribution in [0.1, 0.15) is 71.6 Å². The lowest BCUT2D eigenvalue weighted by molar-refractivity contribution is 0.337. The zero-order chi connectivity index (χ0) is 21.8. The van der Waals surface area contributed by atoms with Crippen molar-refractivity contribution in [2.45, 2.75) is 77.7 Å². The Kier molecular flexibility index (Phi) is 9.37. The molecule has 0 bridgehead atoms. The maximum Gasteiger partial charge on any atom is 0.143 e. The minimum atomic E-state index is 0.503. The SMILES string of the molecule is CCCCCCCCCC(CC)[N+](c1ccccc1)(c1ccccc1)c1ccccc1. The molecule has 0 heterocycles. The third-order valence-corrected chi connectivity index (χ3v) is 6.65. The van der Waals surface area contributed by atoms with Crippen molar-refractivity contribution in [2.24, 2.45) is 0 Å². The molecular weight excluding hydrogens is 374 g/mol. The summed E-state index contributed by atoms with van der Waals surface area (Å²) >= 11 is 0. The van der Waals surface area contributed by atoms with Crippen LogP contribution in [0.4, 0.5) is 17.1 Å². The average Bonchev–Trinajstić information content (AvgIpc) is 2.84. The van der Waals surface area contributed by atoms with E-state index in [1.165, 1.54) is 68.4 Å². The molecule has 0 aliphatic heterocycles. The maximum atomic E-state index is 2.37. The second-order valence-corrected chi connectivity index (χ2v) is 8.70. The lowest BCUT2D eigenvalue weighted by Crippen LogP contribution is -2.48. The highest BCUT2D eigenvalue weighted by Crippen LogP contribution is 2.47. The van der Waals surface area contributed by atoms with Crippen LogP contribution in [0.25, 0.3) is 0 Å². The van der Waals surface area contributed by atoms with Gasteiger partial charge in [0.1, 0.15) is 23.1 Å². The summed E-state index contributed by atoms with van der Waals surface area (Å²) in [6.45, 7) is 4.66. The first-order valence-corrected chi connectivity index (χ1v) is 12.4. The Hall–Kier alpha value is -2.38. The van der Waals surface area contributed by atoms with Gasteiger partial charge < -0.3 is 0 Å². The zero-order valence-electron chi connectivity index (χ0n) is 19.5. The van der Waals surface area contributed by atoms with Crippen LogP contribution in [0.5, 0.6) is 0 Å². The fourth-order valence-corrected chi connectivity index (χ4v) is 5.08. The summed E-state index contributed by atoms with van der Waals surface area (Å²) in [5.74, 6) is 0. The van der Waals surface area contributed by atoms with E-state index < -0.39 is 0 Å². The van der Waals surface area contributed by atoms with Gasteiger partial charge >= 0.3 is 0 Å². The van der Waals surface area contributed by atoms with E-state index in [0.29, 0.717) is 6.04 Å².